The van der Waals surface area contributed by atoms with Crippen LogP contribution < -0.4 is 0 Å². The topological polar surface area (TPSA) is 73.8 Å². The molecule has 1 aromatic heterocycles. The standard InChI is InChI=1S/C11H10F2N4O2/c1-2-3-16-6-14-15-11(16)7-4-8(12)9(13)5-10(7)17(18)19/h4-6H,2-3H2,1H3. The minimum atomic E-state index is -1.27. The number of benzene rings is 1. The van der Waals surface area contributed by atoms with Crippen LogP contribution >= 0.6 is 0 Å². The molecule has 0 aliphatic rings. The molecule has 100 valence electrons. The molecule has 0 aliphatic carbocycles. The Morgan fingerprint density at radius 1 is 1.37 bits per heavy atom. The fourth-order valence-electron chi connectivity index (χ4n) is 1.73. The third-order valence-corrected chi connectivity index (χ3v) is 2.56. The Kier molecular flexibility index (Phi) is 3.50. The van der Waals surface area contributed by atoms with Crippen molar-refractivity contribution in [3.63, 3.8) is 0 Å². The maximum Gasteiger partial charge on any atom is 0.283 e. The van der Waals surface area contributed by atoms with Crippen molar-refractivity contribution in [1.82, 2.24) is 14.8 Å². The van der Waals surface area contributed by atoms with Crippen molar-refractivity contribution < 1.29 is 13.7 Å². The van der Waals surface area contributed by atoms with Gasteiger partial charge in [-0.25, -0.2) is 8.78 Å². The van der Waals surface area contributed by atoms with Gasteiger partial charge < -0.3 is 4.57 Å². The first kappa shape index (κ1) is 13.1. The highest BCUT2D eigenvalue weighted by Crippen LogP contribution is 2.30. The number of rotatable bonds is 4. The van der Waals surface area contributed by atoms with Gasteiger partial charge in [-0.05, 0) is 12.5 Å². The lowest BCUT2D eigenvalue weighted by atomic mass is 10.1. The van der Waals surface area contributed by atoms with Crippen molar-refractivity contribution in [3.05, 3.63) is 40.2 Å². The van der Waals surface area contributed by atoms with E-state index in [0.29, 0.717) is 12.6 Å². The number of halogens is 2. The molecule has 19 heavy (non-hydrogen) atoms. The number of nitro benzene ring substituents is 1. The van der Waals surface area contributed by atoms with E-state index in [9.17, 15) is 18.9 Å². The second-order valence-electron chi connectivity index (χ2n) is 3.89. The Bertz CT molecular complexity index is 627. The van der Waals surface area contributed by atoms with Crippen molar-refractivity contribution in [2.24, 2.45) is 0 Å². The van der Waals surface area contributed by atoms with Gasteiger partial charge in [-0.2, -0.15) is 0 Å². The van der Waals surface area contributed by atoms with E-state index in [0.717, 1.165) is 12.5 Å². The summed E-state index contributed by atoms with van der Waals surface area (Å²) in [5.74, 6) is -2.28. The predicted molar refractivity (Wildman–Crippen MR) is 62.3 cm³/mol. The molecular weight excluding hydrogens is 258 g/mol. The average molecular weight is 268 g/mol. The van der Waals surface area contributed by atoms with Crippen LogP contribution in [0.25, 0.3) is 11.4 Å². The van der Waals surface area contributed by atoms with Crippen LogP contribution in [0.3, 0.4) is 0 Å². The van der Waals surface area contributed by atoms with Crippen LogP contribution in [0.2, 0.25) is 0 Å². The van der Waals surface area contributed by atoms with Gasteiger partial charge in [-0.15, -0.1) is 10.2 Å². The van der Waals surface area contributed by atoms with Crippen LogP contribution in [0.15, 0.2) is 18.5 Å². The molecule has 0 N–H and O–H groups in total. The lowest BCUT2D eigenvalue weighted by Crippen LogP contribution is -2.02. The quantitative estimate of drug-likeness (QED) is 0.630. The van der Waals surface area contributed by atoms with Crippen LogP contribution in [0.5, 0.6) is 0 Å². The number of nitro groups is 1. The molecule has 2 aromatic rings. The molecule has 6 nitrogen and oxygen atoms in total. The highest BCUT2D eigenvalue weighted by molar-refractivity contribution is 5.68. The van der Waals surface area contributed by atoms with Gasteiger partial charge in [0.1, 0.15) is 11.9 Å². The van der Waals surface area contributed by atoms with E-state index in [1.54, 1.807) is 4.57 Å². The van der Waals surface area contributed by atoms with Crippen LogP contribution in [-0.4, -0.2) is 19.7 Å². The maximum atomic E-state index is 13.3. The van der Waals surface area contributed by atoms with Gasteiger partial charge in [0.05, 0.1) is 11.0 Å². The maximum absolute atomic E-state index is 13.3. The lowest BCUT2D eigenvalue weighted by molar-refractivity contribution is -0.384. The molecule has 0 unspecified atom stereocenters. The van der Waals surface area contributed by atoms with Gasteiger partial charge in [-0.3, -0.25) is 10.1 Å². The molecule has 0 saturated carbocycles. The average Bonchev–Trinajstić information content (AvgIpc) is 2.80. The first-order valence-corrected chi connectivity index (χ1v) is 5.56. The van der Waals surface area contributed by atoms with Crippen LogP contribution in [0.1, 0.15) is 13.3 Å². The van der Waals surface area contributed by atoms with E-state index >= 15 is 0 Å². The Morgan fingerprint density at radius 2 is 2.05 bits per heavy atom. The number of hydrogen-bond acceptors (Lipinski definition) is 4. The van der Waals surface area contributed by atoms with Gasteiger partial charge >= 0.3 is 0 Å². The minimum absolute atomic E-state index is 0.0881. The molecule has 0 bridgehead atoms. The van der Waals surface area contributed by atoms with Gasteiger partial charge in [0, 0.05) is 6.54 Å². The summed E-state index contributed by atoms with van der Waals surface area (Å²) in [6.45, 7) is 2.43. The van der Waals surface area contributed by atoms with Gasteiger partial charge in [-0.1, -0.05) is 6.92 Å². The van der Waals surface area contributed by atoms with E-state index in [-0.39, 0.29) is 11.4 Å². The summed E-state index contributed by atoms with van der Waals surface area (Å²) in [4.78, 5) is 10.1. The van der Waals surface area contributed by atoms with E-state index < -0.39 is 22.2 Å². The normalized spacial score (nSPS) is 10.7. The summed E-state index contributed by atoms with van der Waals surface area (Å²) in [7, 11) is 0. The SMILES string of the molecule is CCCn1cnnc1-c1cc(F)c(F)cc1[N+](=O)[O-]. The van der Waals surface area contributed by atoms with E-state index in [2.05, 4.69) is 10.2 Å². The molecule has 2 rings (SSSR count). The Hall–Kier alpha value is -2.38. The van der Waals surface area contributed by atoms with Crippen molar-refractivity contribution in [3.8, 4) is 11.4 Å². The summed E-state index contributed by atoms with van der Waals surface area (Å²) < 4.78 is 27.9. The molecule has 0 saturated heterocycles. The molecule has 0 radical (unpaired) electrons. The first-order chi connectivity index (χ1) is 9.04. The van der Waals surface area contributed by atoms with E-state index in [1.807, 2.05) is 6.92 Å². The third kappa shape index (κ3) is 2.42. The third-order valence-electron chi connectivity index (χ3n) is 2.56. The summed E-state index contributed by atoms with van der Waals surface area (Å²) in [6.07, 6.45) is 2.15. The molecule has 0 atom stereocenters. The van der Waals surface area contributed by atoms with Crippen LogP contribution in [0, 0.1) is 21.7 Å². The molecule has 1 heterocycles. The van der Waals surface area contributed by atoms with Crippen LogP contribution in [-0.2, 0) is 6.54 Å². The van der Waals surface area contributed by atoms with Gasteiger partial charge in [0.15, 0.2) is 17.5 Å². The van der Waals surface area contributed by atoms with E-state index in [1.165, 1.54) is 6.33 Å². The van der Waals surface area contributed by atoms with E-state index in [4.69, 9.17) is 0 Å². The minimum Gasteiger partial charge on any atom is -0.313 e. The van der Waals surface area contributed by atoms with Crippen molar-refractivity contribution in [1.29, 1.82) is 0 Å². The Labute approximate surface area is 106 Å². The van der Waals surface area contributed by atoms with Crippen LogP contribution in [0.4, 0.5) is 14.5 Å². The molecule has 0 aliphatic heterocycles. The molecular formula is C11H10F2N4O2. The van der Waals surface area contributed by atoms with Gasteiger partial charge in [0.2, 0.25) is 0 Å². The Morgan fingerprint density at radius 3 is 2.68 bits per heavy atom. The largest absolute Gasteiger partial charge is 0.313 e. The second-order valence-corrected chi connectivity index (χ2v) is 3.89. The predicted octanol–water partition coefficient (Wildman–Crippen LogP) is 2.54. The Balaban J connectivity index is 2.63. The number of aryl methyl sites for hydroxylation is 1. The number of nitrogens with zero attached hydrogens (tertiary/aromatic N) is 4. The molecule has 0 spiro atoms. The van der Waals surface area contributed by atoms with Crippen molar-refractivity contribution >= 4 is 5.69 Å². The number of hydrogen-bond donors (Lipinski definition) is 0. The second kappa shape index (κ2) is 5.09. The fraction of sp³-hybridized carbons (Fsp3) is 0.273. The zero-order valence-electron chi connectivity index (χ0n) is 10.0. The smallest absolute Gasteiger partial charge is 0.283 e. The highest BCUT2D eigenvalue weighted by atomic mass is 19.2. The molecule has 1 aromatic carbocycles. The number of aromatic nitrogens is 3. The molecule has 8 heteroatoms. The zero-order chi connectivity index (χ0) is 14.0. The monoisotopic (exact) mass is 268 g/mol. The zero-order valence-corrected chi connectivity index (χ0v) is 10.0. The summed E-state index contributed by atoms with van der Waals surface area (Å²) in [5, 5.41) is 18.3. The first-order valence-electron chi connectivity index (χ1n) is 5.56. The van der Waals surface area contributed by atoms with Gasteiger partial charge in [0.25, 0.3) is 5.69 Å². The summed E-state index contributed by atoms with van der Waals surface area (Å²) in [5.41, 5.74) is -0.626. The van der Waals surface area contributed by atoms with Crippen molar-refractivity contribution in [2.45, 2.75) is 19.9 Å². The summed E-state index contributed by atoms with van der Waals surface area (Å²) in [6, 6.07) is 1.32. The molecule has 0 fully saturated rings. The fourth-order valence-corrected chi connectivity index (χ4v) is 1.73. The lowest BCUT2D eigenvalue weighted by Gasteiger charge is -2.06. The van der Waals surface area contributed by atoms with Crippen molar-refractivity contribution in [2.75, 3.05) is 0 Å². The summed E-state index contributed by atoms with van der Waals surface area (Å²) >= 11 is 0. The molecule has 0 amide bonds. The highest BCUT2D eigenvalue weighted by Gasteiger charge is 2.23.